The molecule has 0 aliphatic rings. The number of benzene rings is 2. The molecule has 3 N–H and O–H groups in total. The first-order valence-corrected chi connectivity index (χ1v) is 6.87. The van der Waals surface area contributed by atoms with Crippen molar-refractivity contribution in [2.24, 2.45) is 5.73 Å². The molecule has 1 amide bonds. The minimum Gasteiger partial charge on any atom is -0.507 e. The monoisotopic (exact) mass is 345 g/mol. The van der Waals surface area contributed by atoms with Gasteiger partial charge in [-0.05, 0) is 42.0 Å². The molecule has 4 nitrogen and oxygen atoms in total. The SMILES string of the molecule is NC(=O)c1cc(C(=O)/C=C/c2cccc(Br)c2)ccc1O. The fourth-order valence-electron chi connectivity index (χ4n) is 1.77. The number of halogens is 1. The van der Waals surface area contributed by atoms with Gasteiger partial charge in [-0.1, -0.05) is 34.1 Å². The van der Waals surface area contributed by atoms with Crippen LogP contribution in [0, 0.1) is 0 Å². The fraction of sp³-hybridized carbons (Fsp3) is 0. The van der Waals surface area contributed by atoms with E-state index in [9.17, 15) is 14.7 Å². The summed E-state index contributed by atoms with van der Waals surface area (Å²) >= 11 is 3.35. The van der Waals surface area contributed by atoms with Crippen LogP contribution in [0.3, 0.4) is 0 Å². The molecule has 0 aromatic heterocycles. The molecule has 21 heavy (non-hydrogen) atoms. The van der Waals surface area contributed by atoms with Crippen LogP contribution >= 0.6 is 15.9 Å². The van der Waals surface area contributed by atoms with Crippen LogP contribution in [0.1, 0.15) is 26.3 Å². The minimum atomic E-state index is -0.780. The summed E-state index contributed by atoms with van der Waals surface area (Å²) in [5, 5.41) is 9.49. The van der Waals surface area contributed by atoms with E-state index in [4.69, 9.17) is 5.73 Å². The molecule has 5 heteroatoms. The molecule has 0 saturated heterocycles. The van der Waals surface area contributed by atoms with Gasteiger partial charge in [0.1, 0.15) is 5.75 Å². The number of aromatic hydroxyl groups is 1. The topological polar surface area (TPSA) is 80.4 Å². The van der Waals surface area contributed by atoms with Gasteiger partial charge < -0.3 is 10.8 Å². The predicted molar refractivity (Wildman–Crippen MR) is 84.1 cm³/mol. The number of hydrogen-bond acceptors (Lipinski definition) is 3. The Balaban J connectivity index is 2.25. The maximum absolute atomic E-state index is 12.1. The number of allylic oxidation sites excluding steroid dienone is 1. The van der Waals surface area contributed by atoms with Gasteiger partial charge >= 0.3 is 0 Å². The van der Waals surface area contributed by atoms with Crippen molar-refractivity contribution >= 4 is 33.7 Å². The molecule has 0 aliphatic heterocycles. The second-order valence-corrected chi connectivity index (χ2v) is 5.26. The Hall–Kier alpha value is -2.40. The maximum Gasteiger partial charge on any atom is 0.252 e. The summed E-state index contributed by atoms with van der Waals surface area (Å²) in [5.74, 6) is -1.30. The van der Waals surface area contributed by atoms with Crippen molar-refractivity contribution in [3.8, 4) is 5.75 Å². The first-order chi connectivity index (χ1) is 9.97. The first kappa shape index (κ1) is 15.0. The third-order valence-corrected chi connectivity index (χ3v) is 3.32. The van der Waals surface area contributed by atoms with Gasteiger partial charge in [0.15, 0.2) is 5.78 Å². The Kier molecular flexibility index (Phi) is 4.55. The van der Waals surface area contributed by atoms with Crippen molar-refractivity contribution in [1.29, 1.82) is 0 Å². The zero-order valence-electron chi connectivity index (χ0n) is 10.9. The first-order valence-electron chi connectivity index (χ1n) is 6.08. The van der Waals surface area contributed by atoms with Gasteiger partial charge in [-0.2, -0.15) is 0 Å². The molecule has 0 aliphatic carbocycles. The molecule has 2 aromatic carbocycles. The van der Waals surface area contributed by atoms with Crippen molar-refractivity contribution in [3.63, 3.8) is 0 Å². The fourth-order valence-corrected chi connectivity index (χ4v) is 2.18. The Bertz CT molecular complexity index is 738. The van der Waals surface area contributed by atoms with E-state index in [1.165, 1.54) is 24.3 Å². The number of hydrogen-bond donors (Lipinski definition) is 2. The van der Waals surface area contributed by atoms with Crippen molar-refractivity contribution in [2.75, 3.05) is 0 Å². The van der Waals surface area contributed by atoms with Gasteiger partial charge in [-0.25, -0.2) is 0 Å². The highest BCUT2D eigenvalue weighted by Gasteiger charge is 2.11. The second-order valence-electron chi connectivity index (χ2n) is 4.35. The van der Waals surface area contributed by atoms with Crippen LogP contribution in [0.15, 0.2) is 53.0 Å². The number of rotatable bonds is 4. The standard InChI is InChI=1S/C16H12BrNO3/c17-12-3-1-2-10(8-12)4-6-14(19)11-5-7-15(20)13(9-11)16(18)21/h1-9,20H,(H2,18,21)/b6-4+. The maximum atomic E-state index is 12.1. The van der Waals surface area contributed by atoms with Gasteiger partial charge in [0.2, 0.25) is 0 Å². The quantitative estimate of drug-likeness (QED) is 0.659. The van der Waals surface area contributed by atoms with E-state index >= 15 is 0 Å². The Morgan fingerprint density at radius 3 is 2.57 bits per heavy atom. The second kappa shape index (κ2) is 6.37. The van der Waals surface area contributed by atoms with Crippen molar-refractivity contribution < 1.29 is 14.7 Å². The third kappa shape index (κ3) is 3.79. The Labute approximate surface area is 130 Å². The smallest absolute Gasteiger partial charge is 0.252 e. The summed E-state index contributed by atoms with van der Waals surface area (Å²) in [6.45, 7) is 0. The summed E-state index contributed by atoms with van der Waals surface area (Å²) in [7, 11) is 0. The molecule has 0 unspecified atom stereocenters. The molecular weight excluding hydrogens is 334 g/mol. The van der Waals surface area contributed by atoms with Crippen LogP contribution in [0.4, 0.5) is 0 Å². The van der Waals surface area contributed by atoms with E-state index in [2.05, 4.69) is 15.9 Å². The predicted octanol–water partition coefficient (Wildman–Crippen LogP) is 3.15. The highest BCUT2D eigenvalue weighted by Crippen LogP contribution is 2.19. The van der Waals surface area contributed by atoms with Crippen molar-refractivity contribution in [3.05, 3.63) is 69.7 Å². The largest absolute Gasteiger partial charge is 0.507 e. The van der Waals surface area contributed by atoms with Crippen LogP contribution in [0.5, 0.6) is 5.75 Å². The molecular formula is C16H12BrNO3. The average Bonchev–Trinajstić information content (AvgIpc) is 2.45. The van der Waals surface area contributed by atoms with Crippen LogP contribution in [0.2, 0.25) is 0 Å². The summed E-state index contributed by atoms with van der Waals surface area (Å²) in [6, 6.07) is 11.5. The van der Waals surface area contributed by atoms with Gasteiger partial charge in [-0.3, -0.25) is 9.59 Å². The van der Waals surface area contributed by atoms with Gasteiger partial charge in [0.25, 0.3) is 5.91 Å². The highest BCUT2D eigenvalue weighted by atomic mass is 79.9. The number of nitrogens with two attached hydrogens (primary N) is 1. The highest BCUT2D eigenvalue weighted by molar-refractivity contribution is 9.10. The number of carbonyl (C=O) groups is 2. The zero-order valence-corrected chi connectivity index (χ0v) is 12.5. The van der Waals surface area contributed by atoms with Gasteiger partial charge in [-0.15, -0.1) is 0 Å². The molecule has 2 aromatic rings. The lowest BCUT2D eigenvalue weighted by Crippen LogP contribution is -2.12. The van der Waals surface area contributed by atoms with E-state index in [1.807, 2.05) is 24.3 Å². The van der Waals surface area contributed by atoms with E-state index in [-0.39, 0.29) is 22.7 Å². The summed E-state index contributed by atoms with van der Waals surface area (Å²) in [6.07, 6.45) is 3.07. The molecule has 0 saturated carbocycles. The van der Waals surface area contributed by atoms with Crippen molar-refractivity contribution in [2.45, 2.75) is 0 Å². The summed E-state index contributed by atoms with van der Waals surface area (Å²) in [5.41, 5.74) is 6.21. The van der Waals surface area contributed by atoms with E-state index in [1.54, 1.807) is 6.08 Å². The number of primary amides is 1. The molecule has 0 atom stereocenters. The number of ketones is 1. The summed E-state index contributed by atoms with van der Waals surface area (Å²) < 4.78 is 0.915. The normalized spacial score (nSPS) is 10.7. The van der Waals surface area contributed by atoms with E-state index in [0.29, 0.717) is 0 Å². The lowest BCUT2D eigenvalue weighted by molar-refractivity contribution is 0.0997. The molecule has 0 radical (unpaired) electrons. The van der Waals surface area contributed by atoms with Crippen LogP contribution in [-0.4, -0.2) is 16.8 Å². The van der Waals surface area contributed by atoms with Gasteiger partial charge in [0.05, 0.1) is 5.56 Å². The molecule has 0 fully saturated rings. The van der Waals surface area contributed by atoms with Crippen LogP contribution in [0.25, 0.3) is 6.08 Å². The lowest BCUT2D eigenvalue weighted by Gasteiger charge is -2.02. The van der Waals surface area contributed by atoms with Crippen LogP contribution < -0.4 is 5.73 Å². The van der Waals surface area contributed by atoms with Crippen LogP contribution in [-0.2, 0) is 0 Å². The molecule has 0 spiro atoms. The Morgan fingerprint density at radius 1 is 1.14 bits per heavy atom. The molecule has 2 rings (SSSR count). The molecule has 0 heterocycles. The van der Waals surface area contributed by atoms with Gasteiger partial charge in [0, 0.05) is 10.0 Å². The molecule has 0 bridgehead atoms. The van der Waals surface area contributed by atoms with E-state index in [0.717, 1.165) is 10.0 Å². The number of phenols is 1. The minimum absolute atomic E-state index is 0.0725. The summed E-state index contributed by atoms with van der Waals surface area (Å²) in [4.78, 5) is 23.2. The number of carbonyl (C=O) groups excluding carboxylic acids is 2. The number of amides is 1. The zero-order chi connectivity index (χ0) is 15.4. The third-order valence-electron chi connectivity index (χ3n) is 2.82. The Morgan fingerprint density at radius 2 is 1.90 bits per heavy atom. The molecule has 106 valence electrons. The van der Waals surface area contributed by atoms with Crippen molar-refractivity contribution in [1.82, 2.24) is 0 Å². The lowest BCUT2D eigenvalue weighted by atomic mass is 10.0. The average molecular weight is 346 g/mol. The van der Waals surface area contributed by atoms with E-state index < -0.39 is 5.91 Å².